The van der Waals surface area contributed by atoms with Crippen molar-refractivity contribution in [3.05, 3.63) is 60.4 Å². The molecule has 2 heterocycles. The first-order valence-electron chi connectivity index (χ1n) is 7.10. The van der Waals surface area contributed by atoms with E-state index in [-0.39, 0.29) is 12.5 Å². The van der Waals surface area contributed by atoms with Gasteiger partial charge in [-0.2, -0.15) is 4.98 Å². The van der Waals surface area contributed by atoms with Crippen LogP contribution in [-0.2, 0) is 16.1 Å². The van der Waals surface area contributed by atoms with Crippen LogP contribution in [0.1, 0.15) is 11.7 Å². The highest BCUT2D eigenvalue weighted by Crippen LogP contribution is 2.27. The number of hydrogen-bond donors (Lipinski definition) is 0. The van der Waals surface area contributed by atoms with E-state index in [1.165, 1.54) is 18.4 Å². The van der Waals surface area contributed by atoms with Crippen molar-refractivity contribution in [3.63, 3.8) is 0 Å². The number of ether oxygens (including phenoxy) is 2. The second-order valence-corrected chi connectivity index (χ2v) is 4.67. The highest BCUT2D eigenvalue weighted by atomic mass is 16.6. The van der Waals surface area contributed by atoms with Crippen LogP contribution in [0.3, 0.4) is 0 Å². The van der Waals surface area contributed by atoms with Crippen molar-refractivity contribution in [2.24, 2.45) is 0 Å². The number of methoxy groups -OCH3 is 1. The monoisotopic (exact) mass is 326 g/mol. The van der Waals surface area contributed by atoms with Crippen LogP contribution in [0.2, 0.25) is 0 Å². The van der Waals surface area contributed by atoms with Crippen molar-refractivity contribution in [3.8, 4) is 17.1 Å². The maximum atomic E-state index is 11.6. The number of hydrogen-bond acceptors (Lipinski definition) is 7. The average molecular weight is 326 g/mol. The lowest BCUT2D eigenvalue weighted by molar-refractivity contribution is -0.139. The van der Waals surface area contributed by atoms with Crippen LogP contribution in [0.25, 0.3) is 17.5 Å². The molecule has 0 aliphatic rings. The van der Waals surface area contributed by atoms with Crippen molar-refractivity contribution in [2.75, 3.05) is 7.11 Å². The van der Waals surface area contributed by atoms with Crippen LogP contribution in [0.5, 0.6) is 5.75 Å². The molecule has 0 unspecified atom stereocenters. The summed E-state index contributed by atoms with van der Waals surface area (Å²) in [4.78, 5) is 15.8. The Morgan fingerprint density at radius 1 is 1.25 bits per heavy atom. The van der Waals surface area contributed by atoms with Crippen LogP contribution in [0, 0.1) is 0 Å². The van der Waals surface area contributed by atoms with E-state index in [1.54, 1.807) is 25.3 Å². The molecular weight excluding hydrogens is 312 g/mol. The summed E-state index contributed by atoms with van der Waals surface area (Å²) in [5, 5.41) is 3.87. The van der Waals surface area contributed by atoms with Crippen LogP contribution < -0.4 is 4.74 Å². The fraction of sp³-hybridized carbons (Fsp3) is 0.118. The van der Waals surface area contributed by atoms with Gasteiger partial charge in [0.05, 0.1) is 18.9 Å². The summed E-state index contributed by atoms with van der Waals surface area (Å²) >= 11 is 0. The number of furan rings is 1. The quantitative estimate of drug-likeness (QED) is 0.508. The molecule has 0 radical (unpaired) electrons. The van der Waals surface area contributed by atoms with Gasteiger partial charge in [-0.25, -0.2) is 4.79 Å². The minimum atomic E-state index is -0.538. The van der Waals surface area contributed by atoms with Gasteiger partial charge in [0.15, 0.2) is 6.61 Å². The first-order chi connectivity index (χ1) is 11.8. The molecule has 0 aliphatic heterocycles. The van der Waals surface area contributed by atoms with Gasteiger partial charge >= 0.3 is 5.97 Å². The summed E-state index contributed by atoms with van der Waals surface area (Å²) in [7, 11) is 1.56. The molecule has 7 heteroatoms. The number of carbonyl (C=O) groups excluding carboxylic acids is 1. The zero-order chi connectivity index (χ0) is 16.8. The number of benzene rings is 1. The molecular formula is C17H14N2O5. The third-order valence-corrected chi connectivity index (χ3v) is 3.08. The SMILES string of the molecule is COc1ccccc1-c1noc(COC(=O)C=Cc2ccco2)n1. The predicted octanol–water partition coefficient (Wildman–Crippen LogP) is 3.09. The van der Waals surface area contributed by atoms with Crippen molar-refractivity contribution < 1.29 is 23.2 Å². The topological polar surface area (TPSA) is 87.6 Å². The Labute approximate surface area is 137 Å². The van der Waals surface area contributed by atoms with Gasteiger partial charge in [-0.05, 0) is 30.3 Å². The van der Waals surface area contributed by atoms with Crippen molar-refractivity contribution >= 4 is 12.0 Å². The number of esters is 1. The molecule has 1 aromatic carbocycles. The van der Waals surface area contributed by atoms with E-state index in [1.807, 2.05) is 18.2 Å². The van der Waals surface area contributed by atoms with Crippen LogP contribution >= 0.6 is 0 Å². The van der Waals surface area contributed by atoms with Crippen molar-refractivity contribution in [1.82, 2.24) is 10.1 Å². The molecule has 3 aromatic rings. The number of carbonyl (C=O) groups is 1. The summed E-state index contributed by atoms with van der Waals surface area (Å²) in [6.07, 6.45) is 4.29. The molecule has 0 atom stereocenters. The lowest BCUT2D eigenvalue weighted by atomic mass is 10.2. The van der Waals surface area contributed by atoms with Gasteiger partial charge < -0.3 is 18.4 Å². The zero-order valence-electron chi connectivity index (χ0n) is 12.8. The van der Waals surface area contributed by atoms with Gasteiger partial charge in [-0.3, -0.25) is 0 Å². The lowest BCUT2D eigenvalue weighted by Gasteiger charge is -2.03. The first kappa shape index (κ1) is 15.5. The minimum Gasteiger partial charge on any atom is -0.496 e. The van der Waals surface area contributed by atoms with Gasteiger partial charge in [0.25, 0.3) is 5.89 Å². The Bertz CT molecular complexity index is 836. The van der Waals surface area contributed by atoms with Gasteiger partial charge in [0, 0.05) is 6.08 Å². The smallest absolute Gasteiger partial charge is 0.331 e. The Morgan fingerprint density at radius 3 is 2.92 bits per heavy atom. The Balaban J connectivity index is 1.61. The molecule has 0 aliphatic carbocycles. The molecule has 122 valence electrons. The van der Waals surface area contributed by atoms with E-state index < -0.39 is 5.97 Å². The number of aromatic nitrogens is 2. The lowest BCUT2D eigenvalue weighted by Crippen LogP contribution is -2.00. The van der Waals surface area contributed by atoms with Gasteiger partial charge in [-0.15, -0.1) is 0 Å². The Morgan fingerprint density at radius 2 is 2.12 bits per heavy atom. The summed E-state index contributed by atoms with van der Waals surface area (Å²) in [6.45, 7) is -0.122. The molecule has 24 heavy (non-hydrogen) atoms. The molecule has 0 bridgehead atoms. The van der Waals surface area contributed by atoms with E-state index in [4.69, 9.17) is 18.4 Å². The molecule has 0 saturated heterocycles. The second-order valence-electron chi connectivity index (χ2n) is 4.67. The summed E-state index contributed by atoms with van der Waals surface area (Å²) in [6, 6.07) is 10.7. The second kappa shape index (κ2) is 7.28. The first-order valence-corrected chi connectivity index (χ1v) is 7.10. The third-order valence-electron chi connectivity index (χ3n) is 3.08. The molecule has 0 saturated carbocycles. The fourth-order valence-electron chi connectivity index (χ4n) is 1.97. The van der Waals surface area contributed by atoms with E-state index in [0.29, 0.717) is 22.9 Å². The van der Waals surface area contributed by atoms with E-state index in [2.05, 4.69) is 10.1 Å². The normalized spacial score (nSPS) is 10.9. The Hall–Kier alpha value is -3.35. The average Bonchev–Trinajstić information content (AvgIpc) is 3.29. The van der Waals surface area contributed by atoms with E-state index >= 15 is 0 Å². The van der Waals surface area contributed by atoms with Crippen molar-refractivity contribution in [1.29, 1.82) is 0 Å². The summed E-state index contributed by atoms with van der Waals surface area (Å²) in [5.41, 5.74) is 0.694. The van der Waals surface area contributed by atoms with Gasteiger partial charge in [-0.1, -0.05) is 17.3 Å². The standard InChI is InChI=1S/C17H14N2O5/c1-21-14-7-3-2-6-13(14)17-18-15(24-19-17)11-23-16(20)9-8-12-5-4-10-22-12/h2-10H,11H2,1H3. The van der Waals surface area contributed by atoms with Crippen LogP contribution in [0.4, 0.5) is 0 Å². The molecule has 3 rings (SSSR count). The number of para-hydroxylation sites is 1. The van der Waals surface area contributed by atoms with E-state index in [0.717, 1.165) is 0 Å². The molecule has 7 nitrogen and oxygen atoms in total. The van der Waals surface area contributed by atoms with Gasteiger partial charge in [0.2, 0.25) is 5.82 Å². The predicted molar refractivity (Wildman–Crippen MR) is 83.8 cm³/mol. The van der Waals surface area contributed by atoms with Crippen LogP contribution in [0.15, 0.2) is 57.7 Å². The molecule has 0 spiro atoms. The van der Waals surface area contributed by atoms with E-state index in [9.17, 15) is 4.79 Å². The summed E-state index contributed by atoms with van der Waals surface area (Å²) < 4.78 is 20.4. The summed E-state index contributed by atoms with van der Waals surface area (Å²) in [5.74, 6) is 1.20. The highest BCUT2D eigenvalue weighted by Gasteiger charge is 2.13. The zero-order valence-corrected chi connectivity index (χ0v) is 12.8. The fourth-order valence-corrected chi connectivity index (χ4v) is 1.97. The third kappa shape index (κ3) is 3.70. The Kier molecular flexibility index (Phi) is 4.71. The molecule has 0 amide bonds. The van der Waals surface area contributed by atoms with Gasteiger partial charge in [0.1, 0.15) is 11.5 Å². The van der Waals surface area contributed by atoms with Crippen molar-refractivity contribution in [2.45, 2.75) is 6.61 Å². The van der Waals surface area contributed by atoms with Crippen LogP contribution in [-0.4, -0.2) is 23.2 Å². The maximum Gasteiger partial charge on any atom is 0.331 e. The minimum absolute atomic E-state index is 0.122. The highest BCUT2D eigenvalue weighted by molar-refractivity contribution is 5.86. The molecule has 2 aromatic heterocycles. The number of nitrogens with zero attached hydrogens (tertiary/aromatic N) is 2. The maximum absolute atomic E-state index is 11.6. The molecule has 0 fully saturated rings. The largest absolute Gasteiger partial charge is 0.496 e. The number of rotatable bonds is 6. The molecule has 0 N–H and O–H groups in total.